The second-order valence-electron chi connectivity index (χ2n) is 14.8. The van der Waals surface area contributed by atoms with Crippen LogP contribution in [0.3, 0.4) is 0 Å². The Morgan fingerprint density at radius 3 is 1.94 bits per heavy atom. The molecule has 0 radical (unpaired) electrons. The average Bonchev–Trinajstić information content (AvgIpc) is 3.48. The number of phenolic OH excluding ortho intramolecular Hbond substituents is 1. The van der Waals surface area contributed by atoms with E-state index in [4.69, 9.17) is 9.98 Å². The van der Waals surface area contributed by atoms with Gasteiger partial charge in [-0.25, -0.2) is 4.98 Å². The number of hydrogen-bond donors (Lipinski definition) is 1. The summed E-state index contributed by atoms with van der Waals surface area (Å²) in [7, 11) is 0. The lowest BCUT2D eigenvalue weighted by molar-refractivity contribution is 0.473. The molecule has 0 saturated heterocycles. The third-order valence-corrected chi connectivity index (χ3v) is 9.87. The Labute approximate surface area is 283 Å². The largest absolute Gasteiger partial charge is 0.507 e. The van der Waals surface area contributed by atoms with Crippen LogP contribution in [0.15, 0.2) is 108 Å². The number of thiazole rings is 1. The van der Waals surface area contributed by atoms with Gasteiger partial charge in [0.1, 0.15) is 10.8 Å². The molecule has 0 bridgehead atoms. The number of nitrogens with zero attached hydrogens (tertiary/aromatic N) is 2. The summed E-state index contributed by atoms with van der Waals surface area (Å²) >= 11 is 1.70. The summed E-state index contributed by atoms with van der Waals surface area (Å²) in [6, 6.07) is 36.3. The van der Waals surface area contributed by atoms with Gasteiger partial charge in [0.25, 0.3) is 0 Å². The van der Waals surface area contributed by atoms with Crippen LogP contribution in [-0.2, 0) is 10.8 Å². The molecule has 0 fully saturated rings. The Balaban J connectivity index is 1.41. The Morgan fingerprint density at radius 2 is 1.30 bits per heavy atom. The first-order valence-corrected chi connectivity index (χ1v) is 17.2. The normalized spacial score (nSPS) is 12.4. The summed E-state index contributed by atoms with van der Waals surface area (Å²) in [6.45, 7) is 17.7. The zero-order valence-corrected chi connectivity index (χ0v) is 29.5. The summed E-state index contributed by atoms with van der Waals surface area (Å²) in [6.07, 6.45) is 1.76. The smallest absolute Gasteiger partial charge is 0.126 e. The molecule has 5 aromatic carbocycles. The van der Waals surface area contributed by atoms with Gasteiger partial charge in [0.15, 0.2) is 0 Å². The Morgan fingerprint density at radius 1 is 0.681 bits per heavy atom. The number of hydrogen-bond acceptors (Lipinski definition) is 4. The fourth-order valence-electron chi connectivity index (χ4n) is 5.73. The lowest BCUT2D eigenvalue weighted by atomic mass is 9.85. The number of aromatic nitrogens is 1. The van der Waals surface area contributed by atoms with E-state index in [9.17, 15) is 5.11 Å². The van der Waals surface area contributed by atoms with Crippen LogP contribution in [-0.4, -0.2) is 16.3 Å². The van der Waals surface area contributed by atoms with Crippen molar-refractivity contribution in [1.82, 2.24) is 4.98 Å². The van der Waals surface area contributed by atoms with Gasteiger partial charge in [0.05, 0.1) is 15.9 Å². The molecular weight excluding hydrogens is 593 g/mol. The zero-order valence-electron chi connectivity index (χ0n) is 28.7. The minimum absolute atomic E-state index is 0.0169. The van der Waals surface area contributed by atoms with Crippen molar-refractivity contribution < 1.29 is 5.11 Å². The highest BCUT2D eigenvalue weighted by Crippen LogP contribution is 2.42. The van der Waals surface area contributed by atoms with Gasteiger partial charge in [0.2, 0.25) is 0 Å². The number of fused-ring (bicyclic) bond motifs is 1. The minimum Gasteiger partial charge on any atom is -0.507 e. The molecule has 0 aliphatic carbocycles. The molecule has 6 aromatic rings. The lowest BCUT2D eigenvalue weighted by Crippen LogP contribution is -2.11. The molecule has 3 nitrogen and oxygen atoms in total. The number of benzene rings is 5. The van der Waals surface area contributed by atoms with Gasteiger partial charge in [-0.05, 0) is 86.5 Å². The van der Waals surface area contributed by atoms with Crippen LogP contribution in [0.25, 0.3) is 43.0 Å². The minimum atomic E-state index is -0.0296. The van der Waals surface area contributed by atoms with Crippen LogP contribution in [0.4, 0.5) is 5.69 Å². The predicted octanol–water partition coefficient (Wildman–Crippen LogP) is 12.5. The number of phenols is 1. The third-order valence-electron chi connectivity index (χ3n) is 8.84. The van der Waals surface area contributed by atoms with Crippen LogP contribution in [0, 0.1) is 0 Å². The fourth-order valence-corrected chi connectivity index (χ4v) is 6.80. The number of para-hydroxylation sites is 1. The van der Waals surface area contributed by atoms with E-state index in [2.05, 4.69) is 122 Å². The first kappa shape index (κ1) is 32.4. The molecule has 47 heavy (non-hydrogen) atoms. The topological polar surface area (TPSA) is 45.5 Å². The molecule has 0 spiro atoms. The molecule has 0 aliphatic heterocycles. The summed E-state index contributed by atoms with van der Waals surface area (Å²) < 4.78 is 1.16. The lowest BCUT2D eigenvalue weighted by Gasteiger charge is -2.20. The van der Waals surface area contributed by atoms with Crippen LogP contribution < -0.4 is 0 Å². The molecule has 1 aromatic heterocycles. The number of rotatable bonds is 6. The van der Waals surface area contributed by atoms with E-state index in [1.165, 1.54) is 22.3 Å². The van der Waals surface area contributed by atoms with E-state index in [0.717, 1.165) is 43.2 Å². The molecule has 4 heteroatoms. The van der Waals surface area contributed by atoms with Gasteiger partial charge in [0, 0.05) is 22.9 Å². The molecule has 0 unspecified atom stereocenters. The predicted molar refractivity (Wildman–Crippen MR) is 203 cm³/mol. The van der Waals surface area contributed by atoms with Crippen molar-refractivity contribution in [2.45, 2.75) is 72.1 Å². The fraction of sp³-hybridized carbons (Fsp3) is 0.256. The zero-order chi connectivity index (χ0) is 33.5. The maximum Gasteiger partial charge on any atom is 0.126 e. The maximum absolute atomic E-state index is 10.6. The van der Waals surface area contributed by atoms with Crippen LogP contribution >= 0.6 is 11.3 Å². The molecule has 0 saturated carbocycles. The van der Waals surface area contributed by atoms with Gasteiger partial charge in [-0.2, -0.15) is 0 Å². The summed E-state index contributed by atoms with van der Waals surface area (Å²) in [5.41, 5.74) is 12.0. The number of aromatic hydroxyl groups is 1. The van der Waals surface area contributed by atoms with E-state index >= 15 is 0 Å². The first-order chi connectivity index (χ1) is 22.3. The highest BCUT2D eigenvalue weighted by molar-refractivity contribution is 7.21. The van der Waals surface area contributed by atoms with Gasteiger partial charge < -0.3 is 5.11 Å². The van der Waals surface area contributed by atoms with Crippen molar-refractivity contribution in [3.8, 4) is 38.6 Å². The van der Waals surface area contributed by atoms with Crippen molar-refractivity contribution in [1.29, 1.82) is 0 Å². The van der Waals surface area contributed by atoms with Crippen LogP contribution in [0.5, 0.6) is 5.75 Å². The Hall–Kier alpha value is -4.54. The SMILES string of the molecule is CC(C)c1ccc(-c2ccc(-c3cc(C(C)(C)C)cc4sc(-c5ccccc5N=Cc5cc(C(C)(C)C)ccc5O)nc34)cc2)cc1. The second kappa shape index (κ2) is 12.6. The number of aliphatic imine (C=N–C) groups is 1. The van der Waals surface area contributed by atoms with E-state index < -0.39 is 0 Å². The van der Waals surface area contributed by atoms with Crippen LogP contribution in [0.1, 0.15) is 83.6 Å². The summed E-state index contributed by atoms with van der Waals surface area (Å²) in [5, 5.41) is 11.5. The van der Waals surface area contributed by atoms with Crippen molar-refractivity contribution in [2.75, 3.05) is 0 Å². The van der Waals surface area contributed by atoms with Gasteiger partial charge in [-0.15, -0.1) is 11.3 Å². The van der Waals surface area contributed by atoms with Crippen molar-refractivity contribution in [3.63, 3.8) is 0 Å². The molecule has 6 rings (SSSR count). The van der Waals surface area contributed by atoms with Gasteiger partial charge in [-0.3, -0.25) is 4.99 Å². The quantitative estimate of drug-likeness (QED) is 0.185. The average molecular weight is 637 g/mol. The Bertz CT molecular complexity index is 2070. The summed E-state index contributed by atoms with van der Waals surface area (Å²) in [5.74, 6) is 0.738. The van der Waals surface area contributed by atoms with Gasteiger partial charge >= 0.3 is 0 Å². The summed E-state index contributed by atoms with van der Waals surface area (Å²) in [4.78, 5) is 10.1. The molecule has 0 atom stereocenters. The van der Waals surface area contributed by atoms with E-state index in [1.807, 2.05) is 30.3 Å². The molecular formula is C43H44N2OS. The van der Waals surface area contributed by atoms with E-state index in [-0.39, 0.29) is 16.6 Å². The van der Waals surface area contributed by atoms with Crippen molar-refractivity contribution in [2.24, 2.45) is 4.99 Å². The molecule has 1 N–H and O–H groups in total. The van der Waals surface area contributed by atoms with Crippen molar-refractivity contribution >= 4 is 33.5 Å². The van der Waals surface area contributed by atoms with Crippen LogP contribution in [0.2, 0.25) is 0 Å². The molecule has 238 valence electrons. The first-order valence-electron chi connectivity index (χ1n) is 16.4. The monoisotopic (exact) mass is 636 g/mol. The molecule has 1 heterocycles. The molecule has 0 aliphatic rings. The molecule has 0 amide bonds. The van der Waals surface area contributed by atoms with Gasteiger partial charge in [-0.1, -0.05) is 122 Å². The Kier molecular flexibility index (Phi) is 8.67. The maximum atomic E-state index is 10.6. The second-order valence-corrected chi connectivity index (χ2v) is 15.8. The van der Waals surface area contributed by atoms with Crippen molar-refractivity contribution in [3.05, 3.63) is 125 Å². The highest BCUT2D eigenvalue weighted by atomic mass is 32.1. The third kappa shape index (κ3) is 6.94. The van der Waals surface area contributed by atoms with E-state index in [1.54, 1.807) is 23.6 Å². The van der Waals surface area contributed by atoms with E-state index in [0.29, 0.717) is 11.5 Å². The highest BCUT2D eigenvalue weighted by Gasteiger charge is 2.21. The standard InChI is InChI=1S/C43H44N2OS/c1-27(2)28-13-15-29(16-14-28)30-17-19-31(20-18-30)36-24-34(43(6,7)8)25-39-40(36)45-41(47-39)35-11-9-10-12-37(35)44-26-32-23-33(42(3,4)5)21-22-38(32)46/h9-27,46H,1-8H3.